The Morgan fingerprint density at radius 3 is 2.50 bits per heavy atom. The molecule has 0 radical (unpaired) electrons. The predicted octanol–water partition coefficient (Wildman–Crippen LogP) is 0.0539. The zero-order valence-corrected chi connectivity index (χ0v) is 7.81. The molecule has 5 heteroatoms. The van der Waals surface area contributed by atoms with Gasteiger partial charge in [-0.15, -0.1) is 0 Å². The van der Waals surface area contributed by atoms with Crippen LogP contribution in [0, 0.1) is 0 Å². The molecule has 1 N–H and O–H groups in total. The number of ether oxygens (including phenoxy) is 1. The van der Waals surface area contributed by atoms with Gasteiger partial charge in [-0.05, 0) is 0 Å². The Morgan fingerprint density at radius 1 is 1.58 bits per heavy atom. The van der Waals surface area contributed by atoms with E-state index in [1.54, 1.807) is 0 Å². The lowest BCUT2D eigenvalue weighted by molar-refractivity contribution is -0.143. The van der Waals surface area contributed by atoms with Gasteiger partial charge in [-0.3, -0.25) is 9.59 Å². The predicted molar refractivity (Wildman–Crippen MR) is 47.9 cm³/mol. The molecule has 0 aliphatic carbocycles. The van der Waals surface area contributed by atoms with Gasteiger partial charge in [0, 0.05) is 19.2 Å². The average Bonchev–Trinajstić information content (AvgIpc) is 1.97. The van der Waals surface area contributed by atoms with E-state index in [9.17, 15) is 9.59 Å². The Balaban J connectivity index is 3.75. The Morgan fingerprint density at radius 2 is 2.17 bits per heavy atom. The summed E-state index contributed by atoms with van der Waals surface area (Å²) < 4.78 is 4.74. The van der Waals surface area contributed by atoms with Gasteiger partial charge in [-0.1, -0.05) is 12.2 Å². The van der Waals surface area contributed by atoms with Crippen LogP contribution < -0.4 is 5.32 Å². The molecule has 1 unspecified atom stereocenters. The summed E-state index contributed by atoms with van der Waals surface area (Å²) in [6.45, 7) is 2.91. The molecule has 0 fully saturated rings. The van der Waals surface area contributed by atoms with Gasteiger partial charge in [0.15, 0.2) is 0 Å². The van der Waals surface area contributed by atoms with E-state index in [1.165, 1.54) is 19.2 Å². The summed E-state index contributed by atoms with van der Waals surface area (Å²) in [4.78, 5) is 20.9. The molecule has 0 aromatic rings. The minimum atomic E-state index is -0.513. The topological polar surface area (TPSA) is 55.4 Å². The molecular formula is C7H11NO3S. The standard InChI is InChI=1S/C7H11NO3S/c1-5(9)8-3-7(4-12)11-6(2)10/h4,7H,3H2,1-2H3,(H,8,9). The highest BCUT2D eigenvalue weighted by Gasteiger charge is 2.07. The van der Waals surface area contributed by atoms with Crippen LogP contribution in [0.1, 0.15) is 13.8 Å². The zero-order valence-electron chi connectivity index (χ0n) is 6.99. The summed E-state index contributed by atoms with van der Waals surface area (Å²) in [6.07, 6.45) is -0.513. The van der Waals surface area contributed by atoms with Crippen molar-refractivity contribution in [1.29, 1.82) is 0 Å². The van der Waals surface area contributed by atoms with Crippen LogP contribution >= 0.6 is 12.2 Å². The third kappa shape index (κ3) is 5.79. The number of esters is 1. The van der Waals surface area contributed by atoms with Gasteiger partial charge in [0.1, 0.15) is 6.10 Å². The first-order valence-electron chi connectivity index (χ1n) is 3.43. The van der Waals surface area contributed by atoms with E-state index < -0.39 is 12.1 Å². The number of hydrogen-bond donors (Lipinski definition) is 1. The Bertz CT molecular complexity index is 193. The lowest BCUT2D eigenvalue weighted by Crippen LogP contribution is -2.33. The van der Waals surface area contributed by atoms with E-state index in [2.05, 4.69) is 17.5 Å². The van der Waals surface area contributed by atoms with Crippen molar-refractivity contribution in [2.75, 3.05) is 6.54 Å². The zero-order chi connectivity index (χ0) is 9.56. The highest BCUT2D eigenvalue weighted by Crippen LogP contribution is 1.88. The quantitative estimate of drug-likeness (QED) is 0.501. The van der Waals surface area contributed by atoms with Gasteiger partial charge in [0.25, 0.3) is 0 Å². The molecule has 0 saturated carbocycles. The van der Waals surface area contributed by atoms with Crippen molar-refractivity contribution in [2.45, 2.75) is 20.0 Å². The van der Waals surface area contributed by atoms with Crippen LogP contribution in [-0.4, -0.2) is 29.9 Å². The monoisotopic (exact) mass is 189 g/mol. The van der Waals surface area contributed by atoms with Crippen molar-refractivity contribution < 1.29 is 14.3 Å². The maximum Gasteiger partial charge on any atom is 0.303 e. The fourth-order valence-electron chi connectivity index (χ4n) is 0.575. The number of carbonyl (C=O) groups excluding carboxylic acids is 2. The number of rotatable bonds is 4. The minimum Gasteiger partial charge on any atom is -0.456 e. The first-order chi connectivity index (χ1) is 5.56. The molecule has 4 nitrogen and oxygen atoms in total. The molecule has 0 spiro atoms. The number of thiocarbonyl (C=S) groups is 1. The van der Waals surface area contributed by atoms with Crippen molar-refractivity contribution >= 4 is 29.5 Å². The van der Waals surface area contributed by atoms with E-state index in [4.69, 9.17) is 4.74 Å². The van der Waals surface area contributed by atoms with Crippen LogP contribution in [0.5, 0.6) is 0 Å². The average molecular weight is 189 g/mol. The second-order valence-corrected chi connectivity index (χ2v) is 2.49. The van der Waals surface area contributed by atoms with Crippen LogP contribution in [-0.2, 0) is 14.3 Å². The molecule has 68 valence electrons. The summed E-state index contributed by atoms with van der Waals surface area (Å²) in [5, 5.41) is 3.79. The molecule has 0 aliphatic heterocycles. The molecule has 1 atom stereocenters. The van der Waals surface area contributed by atoms with Crippen molar-refractivity contribution in [3.8, 4) is 0 Å². The molecule has 0 aromatic heterocycles. The summed E-state index contributed by atoms with van der Waals surface area (Å²) >= 11 is 4.59. The summed E-state index contributed by atoms with van der Waals surface area (Å²) in [6, 6.07) is 0. The third-order valence-corrected chi connectivity index (χ3v) is 1.32. The molecule has 0 aromatic carbocycles. The maximum absolute atomic E-state index is 10.5. The Kier molecular flexibility index (Phi) is 5.19. The second kappa shape index (κ2) is 5.65. The Labute approximate surface area is 76.3 Å². The number of amides is 1. The second-order valence-electron chi connectivity index (χ2n) is 2.22. The molecule has 0 aliphatic rings. The lowest BCUT2D eigenvalue weighted by Gasteiger charge is -2.11. The maximum atomic E-state index is 10.5. The van der Waals surface area contributed by atoms with E-state index in [0.29, 0.717) is 0 Å². The van der Waals surface area contributed by atoms with Gasteiger partial charge in [0.05, 0.1) is 6.54 Å². The van der Waals surface area contributed by atoms with Crippen molar-refractivity contribution in [3.05, 3.63) is 0 Å². The lowest BCUT2D eigenvalue weighted by atomic mass is 10.4. The molecule has 0 rings (SSSR count). The van der Waals surface area contributed by atoms with Crippen LogP contribution in [0.3, 0.4) is 0 Å². The SMILES string of the molecule is CC(=O)NCC(C=S)OC(C)=O. The highest BCUT2D eigenvalue weighted by molar-refractivity contribution is 7.79. The summed E-state index contributed by atoms with van der Waals surface area (Å²) in [5.74, 6) is -0.588. The minimum absolute atomic E-state index is 0.177. The van der Waals surface area contributed by atoms with Crippen molar-refractivity contribution in [2.24, 2.45) is 0 Å². The number of hydrogen-bond acceptors (Lipinski definition) is 4. The van der Waals surface area contributed by atoms with Crippen LogP contribution in [0.15, 0.2) is 0 Å². The van der Waals surface area contributed by atoms with E-state index in [1.807, 2.05) is 0 Å². The summed E-state index contributed by atoms with van der Waals surface area (Å²) in [7, 11) is 0. The molecular weight excluding hydrogens is 178 g/mol. The first-order valence-corrected chi connectivity index (χ1v) is 3.90. The highest BCUT2D eigenvalue weighted by atomic mass is 32.1. The largest absolute Gasteiger partial charge is 0.456 e. The fourth-order valence-corrected chi connectivity index (χ4v) is 0.727. The normalized spacial score (nSPS) is 11.5. The van der Waals surface area contributed by atoms with E-state index in [0.717, 1.165) is 0 Å². The van der Waals surface area contributed by atoms with E-state index >= 15 is 0 Å². The molecule has 0 bridgehead atoms. The van der Waals surface area contributed by atoms with Gasteiger partial charge >= 0.3 is 5.97 Å². The molecule has 1 amide bonds. The van der Waals surface area contributed by atoms with Crippen molar-refractivity contribution in [3.63, 3.8) is 0 Å². The van der Waals surface area contributed by atoms with Gasteiger partial charge in [0.2, 0.25) is 5.91 Å². The van der Waals surface area contributed by atoms with Gasteiger partial charge < -0.3 is 10.1 Å². The van der Waals surface area contributed by atoms with Gasteiger partial charge in [-0.25, -0.2) is 0 Å². The smallest absolute Gasteiger partial charge is 0.303 e. The van der Waals surface area contributed by atoms with Gasteiger partial charge in [-0.2, -0.15) is 0 Å². The van der Waals surface area contributed by atoms with Crippen LogP contribution in [0.4, 0.5) is 0 Å². The third-order valence-electron chi connectivity index (χ3n) is 1.02. The molecule has 0 saturated heterocycles. The number of nitrogens with one attached hydrogen (secondary N) is 1. The first kappa shape index (κ1) is 11.0. The molecule has 12 heavy (non-hydrogen) atoms. The Hall–Kier alpha value is -0.970. The summed E-state index contributed by atoms with van der Waals surface area (Å²) in [5.41, 5.74) is 0. The van der Waals surface area contributed by atoms with Crippen LogP contribution in [0.25, 0.3) is 0 Å². The number of carbonyl (C=O) groups is 2. The van der Waals surface area contributed by atoms with Crippen LogP contribution in [0.2, 0.25) is 0 Å². The fraction of sp³-hybridized carbons (Fsp3) is 0.571. The van der Waals surface area contributed by atoms with E-state index in [-0.39, 0.29) is 12.5 Å². The van der Waals surface area contributed by atoms with Crippen molar-refractivity contribution in [1.82, 2.24) is 5.32 Å². The molecule has 0 heterocycles.